The van der Waals surface area contributed by atoms with Gasteiger partial charge in [-0.3, -0.25) is 9.78 Å². The Balaban J connectivity index is 2.21. The van der Waals surface area contributed by atoms with Crippen molar-refractivity contribution >= 4 is 16.9 Å². The molecule has 0 saturated heterocycles. The van der Waals surface area contributed by atoms with Crippen molar-refractivity contribution in [2.45, 2.75) is 13.5 Å². The van der Waals surface area contributed by atoms with Gasteiger partial charge in [-0.2, -0.15) is 0 Å². The third-order valence-corrected chi connectivity index (χ3v) is 1.82. The molecular weight excluding hydrogens is 182 g/mol. The Morgan fingerprint density at radius 1 is 1.64 bits per heavy atom. The van der Waals surface area contributed by atoms with Crippen LogP contribution in [-0.4, -0.2) is 11.0 Å². The van der Waals surface area contributed by atoms with Gasteiger partial charge in [-0.25, -0.2) is 0 Å². The topological polar surface area (TPSA) is 52.3 Å². The normalized spacial score (nSPS) is 10.4. The molecule has 0 unspecified atom stereocenters. The molecule has 0 fully saturated rings. The van der Waals surface area contributed by atoms with Crippen molar-refractivity contribution in [2.24, 2.45) is 0 Å². The summed E-state index contributed by atoms with van der Waals surface area (Å²) in [4.78, 5) is 14.6. The van der Waals surface area contributed by atoms with Crippen molar-refractivity contribution in [2.75, 3.05) is 0 Å². The molecule has 0 spiro atoms. The van der Waals surface area contributed by atoms with Gasteiger partial charge in [-0.15, -0.1) is 0 Å². The van der Waals surface area contributed by atoms with E-state index in [-0.39, 0.29) is 12.6 Å². The van der Waals surface area contributed by atoms with Gasteiger partial charge in [0.05, 0.1) is 18.2 Å². The maximum absolute atomic E-state index is 10.6. The largest absolute Gasteiger partial charge is 0.463 e. The Morgan fingerprint density at radius 3 is 3.29 bits per heavy atom. The van der Waals surface area contributed by atoms with E-state index in [4.69, 9.17) is 9.15 Å². The highest BCUT2D eigenvalue weighted by molar-refractivity contribution is 5.76. The second-order valence-electron chi connectivity index (χ2n) is 2.91. The van der Waals surface area contributed by atoms with E-state index < -0.39 is 0 Å². The molecule has 0 radical (unpaired) electrons. The van der Waals surface area contributed by atoms with E-state index in [9.17, 15) is 4.79 Å². The molecule has 2 heterocycles. The number of hydrogen-bond donors (Lipinski definition) is 0. The molecule has 0 atom stereocenters. The SMILES string of the molecule is CC(=O)OCc1cc2ccoc2cn1. The van der Waals surface area contributed by atoms with Crippen LogP contribution in [0.15, 0.2) is 29.0 Å². The fourth-order valence-corrected chi connectivity index (χ4v) is 1.17. The number of pyridine rings is 1. The van der Waals surface area contributed by atoms with Gasteiger partial charge in [0.25, 0.3) is 0 Å². The monoisotopic (exact) mass is 191 g/mol. The Bertz CT molecular complexity index is 461. The summed E-state index contributed by atoms with van der Waals surface area (Å²) in [7, 11) is 0. The zero-order chi connectivity index (χ0) is 9.97. The third-order valence-electron chi connectivity index (χ3n) is 1.82. The predicted molar refractivity (Wildman–Crippen MR) is 49.5 cm³/mol. The number of esters is 1. The minimum absolute atomic E-state index is 0.205. The Morgan fingerprint density at radius 2 is 2.50 bits per heavy atom. The van der Waals surface area contributed by atoms with E-state index in [1.165, 1.54) is 6.92 Å². The van der Waals surface area contributed by atoms with Gasteiger partial charge in [0.1, 0.15) is 6.61 Å². The van der Waals surface area contributed by atoms with E-state index >= 15 is 0 Å². The van der Waals surface area contributed by atoms with Crippen LogP contribution in [0.25, 0.3) is 11.0 Å². The lowest BCUT2D eigenvalue weighted by Gasteiger charge is -2.00. The molecule has 0 saturated carbocycles. The summed E-state index contributed by atoms with van der Waals surface area (Å²) < 4.78 is 9.95. The molecule has 2 aromatic rings. The molecule has 0 amide bonds. The van der Waals surface area contributed by atoms with Gasteiger partial charge in [-0.1, -0.05) is 0 Å². The molecule has 0 aliphatic carbocycles. The standard InChI is InChI=1S/C10H9NO3/c1-7(12)14-6-9-4-8-2-3-13-10(8)5-11-9/h2-5H,6H2,1H3. The summed E-state index contributed by atoms with van der Waals surface area (Å²) in [6.45, 7) is 1.58. The minimum Gasteiger partial charge on any atom is -0.463 e. The van der Waals surface area contributed by atoms with Crippen LogP contribution < -0.4 is 0 Å². The summed E-state index contributed by atoms with van der Waals surface area (Å²) >= 11 is 0. The van der Waals surface area contributed by atoms with Gasteiger partial charge in [-0.05, 0) is 12.1 Å². The quantitative estimate of drug-likeness (QED) is 0.680. The second kappa shape index (κ2) is 3.49. The number of hydrogen-bond acceptors (Lipinski definition) is 4. The lowest BCUT2D eigenvalue weighted by Crippen LogP contribution is -2.00. The average Bonchev–Trinajstić information content (AvgIpc) is 2.61. The van der Waals surface area contributed by atoms with Gasteiger partial charge >= 0.3 is 5.97 Å². The van der Waals surface area contributed by atoms with Crippen LogP contribution in [0.1, 0.15) is 12.6 Å². The Labute approximate surface area is 80.5 Å². The first-order valence-corrected chi connectivity index (χ1v) is 4.21. The highest BCUT2D eigenvalue weighted by Gasteiger charge is 2.01. The average molecular weight is 191 g/mol. The smallest absolute Gasteiger partial charge is 0.303 e. The number of fused-ring (bicyclic) bond motifs is 1. The van der Waals surface area contributed by atoms with Crippen LogP contribution in [0, 0.1) is 0 Å². The molecular formula is C10H9NO3. The highest BCUT2D eigenvalue weighted by Crippen LogP contribution is 2.15. The summed E-state index contributed by atoms with van der Waals surface area (Å²) in [6.07, 6.45) is 3.22. The number of rotatable bonds is 2. The van der Waals surface area contributed by atoms with Crippen molar-refractivity contribution in [1.82, 2.24) is 4.98 Å². The van der Waals surface area contributed by atoms with Crippen LogP contribution in [0.3, 0.4) is 0 Å². The molecule has 2 rings (SSSR count). The molecule has 4 heteroatoms. The molecule has 4 nitrogen and oxygen atoms in total. The van der Waals surface area contributed by atoms with Crippen molar-refractivity contribution in [3.05, 3.63) is 30.3 Å². The van der Waals surface area contributed by atoms with Crippen molar-refractivity contribution in [1.29, 1.82) is 0 Å². The number of carbonyl (C=O) groups is 1. The second-order valence-corrected chi connectivity index (χ2v) is 2.91. The fourth-order valence-electron chi connectivity index (χ4n) is 1.17. The molecule has 2 aromatic heterocycles. The molecule has 0 aliphatic rings. The fraction of sp³-hybridized carbons (Fsp3) is 0.200. The summed E-state index contributed by atoms with van der Waals surface area (Å²) in [5.74, 6) is -0.306. The summed E-state index contributed by atoms with van der Waals surface area (Å²) in [6, 6.07) is 3.68. The first kappa shape index (κ1) is 8.74. The van der Waals surface area contributed by atoms with Crippen LogP contribution in [-0.2, 0) is 16.1 Å². The van der Waals surface area contributed by atoms with E-state index in [1.807, 2.05) is 12.1 Å². The van der Waals surface area contributed by atoms with Gasteiger partial charge in [0.15, 0.2) is 5.58 Å². The first-order chi connectivity index (χ1) is 6.75. The number of aromatic nitrogens is 1. The number of furan rings is 1. The Hall–Kier alpha value is -1.84. The zero-order valence-electron chi connectivity index (χ0n) is 7.69. The molecule has 0 N–H and O–H groups in total. The minimum atomic E-state index is -0.306. The van der Waals surface area contributed by atoms with E-state index in [0.717, 1.165) is 11.0 Å². The lowest BCUT2D eigenvalue weighted by atomic mass is 10.3. The lowest BCUT2D eigenvalue weighted by molar-refractivity contribution is -0.142. The van der Waals surface area contributed by atoms with Crippen LogP contribution in [0.4, 0.5) is 0 Å². The van der Waals surface area contributed by atoms with Crippen LogP contribution in [0.5, 0.6) is 0 Å². The van der Waals surface area contributed by atoms with Gasteiger partial charge in [0, 0.05) is 12.3 Å². The maximum Gasteiger partial charge on any atom is 0.303 e. The van der Waals surface area contributed by atoms with E-state index in [2.05, 4.69) is 4.98 Å². The summed E-state index contributed by atoms with van der Waals surface area (Å²) in [5, 5.41) is 0.960. The van der Waals surface area contributed by atoms with Gasteiger partial charge in [0.2, 0.25) is 0 Å². The molecule has 0 aliphatic heterocycles. The molecule has 72 valence electrons. The molecule has 14 heavy (non-hydrogen) atoms. The third kappa shape index (κ3) is 1.74. The van der Waals surface area contributed by atoms with E-state index in [1.54, 1.807) is 12.5 Å². The first-order valence-electron chi connectivity index (χ1n) is 4.21. The van der Waals surface area contributed by atoms with Crippen LogP contribution >= 0.6 is 0 Å². The number of ether oxygens (including phenoxy) is 1. The van der Waals surface area contributed by atoms with E-state index in [0.29, 0.717) is 5.69 Å². The van der Waals surface area contributed by atoms with Crippen LogP contribution in [0.2, 0.25) is 0 Å². The summed E-state index contributed by atoms with van der Waals surface area (Å²) in [5.41, 5.74) is 1.45. The van der Waals surface area contributed by atoms with Crippen molar-refractivity contribution in [3.63, 3.8) is 0 Å². The number of nitrogens with zero attached hydrogens (tertiary/aromatic N) is 1. The predicted octanol–water partition coefficient (Wildman–Crippen LogP) is 1.89. The number of carbonyl (C=O) groups excluding carboxylic acids is 1. The van der Waals surface area contributed by atoms with Gasteiger partial charge < -0.3 is 9.15 Å². The highest BCUT2D eigenvalue weighted by atomic mass is 16.5. The maximum atomic E-state index is 10.6. The molecule has 0 aromatic carbocycles. The van der Waals surface area contributed by atoms with Crippen molar-refractivity contribution < 1.29 is 13.9 Å². The van der Waals surface area contributed by atoms with Crippen molar-refractivity contribution in [3.8, 4) is 0 Å². The Kier molecular flexibility index (Phi) is 2.18. The zero-order valence-corrected chi connectivity index (χ0v) is 7.69. The molecule has 0 bridgehead atoms.